The fourth-order valence-electron chi connectivity index (χ4n) is 1.21. The van der Waals surface area contributed by atoms with Crippen molar-refractivity contribution in [3.63, 3.8) is 0 Å². The first kappa shape index (κ1) is 17.7. The number of hydrogen-bond donors (Lipinski definition) is 3. The number of carbonyl (C=O) groups is 2. The highest BCUT2D eigenvalue weighted by atomic mass is 32.2. The van der Waals surface area contributed by atoms with Gasteiger partial charge < -0.3 is 15.7 Å². The summed E-state index contributed by atoms with van der Waals surface area (Å²) >= 11 is 0. The number of carboxylic acid groups (broad SMARTS) is 1. The number of nitrogens with one attached hydrogen (secondary N) is 2. The second-order valence-electron chi connectivity index (χ2n) is 4.68. The molecule has 0 aliphatic carbocycles. The van der Waals surface area contributed by atoms with E-state index in [4.69, 9.17) is 5.11 Å². The topological polar surface area (TPSA) is 113 Å². The number of carboxylic acids is 1. The monoisotopic (exact) mass is 294 g/mol. The van der Waals surface area contributed by atoms with Crippen LogP contribution in [0, 0.1) is 5.92 Å². The maximum atomic E-state index is 11.5. The van der Waals surface area contributed by atoms with Crippen molar-refractivity contribution in [1.29, 1.82) is 0 Å². The Kier molecular flexibility index (Phi) is 7.43. The SMILES string of the molecule is CCC(C)CNC(=O)NC(CCS(C)(=O)=O)C(=O)O. The molecule has 0 spiro atoms. The second-order valence-corrected chi connectivity index (χ2v) is 6.94. The van der Waals surface area contributed by atoms with Gasteiger partial charge >= 0.3 is 12.0 Å². The van der Waals surface area contributed by atoms with E-state index in [0.29, 0.717) is 12.5 Å². The van der Waals surface area contributed by atoms with Gasteiger partial charge in [-0.1, -0.05) is 20.3 Å². The van der Waals surface area contributed by atoms with Crippen molar-refractivity contribution in [2.24, 2.45) is 5.92 Å². The van der Waals surface area contributed by atoms with E-state index in [2.05, 4.69) is 10.6 Å². The molecule has 0 aromatic heterocycles. The van der Waals surface area contributed by atoms with E-state index in [9.17, 15) is 18.0 Å². The largest absolute Gasteiger partial charge is 0.480 e. The molecule has 0 rings (SSSR count). The van der Waals surface area contributed by atoms with E-state index in [0.717, 1.165) is 12.7 Å². The number of hydrogen-bond acceptors (Lipinski definition) is 4. The molecular weight excluding hydrogens is 272 g/mol. The van der Waals surface area contributed by atoms with E-state index < -0.39 is 27.9 Å². The van der Waals surface area contributed by atoms with E-state index in [1.54, 1.807) is 0 Å². The van der Waals surface area contributed by atoms with Gasteiger partial charge in [-0.25, -0.2) is 18.0 Å². The molecule has 0 aliphatic rings. The van der Waals surface area contributed by atoms with E-state index >= 15 is 0 Å². The van der Waals surface area contributed by atoms with Crippen molar-refractivity contribution in [3.05, 3.63) is 0 Å². The third-order valence-corrected chi connectivity index (χ3v) is 3.67. The minimum atomic E-state index is -3.25. The summed E-state index contributed by atoms with van der Waals surface area (Å²) in [6.07, 6.45) is 1.77. The fourth-order valence-corrected chi connectivity index (χ4v) is 1.87. The Morgan fingerprint density at radius 3 is 2.32 bits per heavy atom. The van der Waals surface area contributed by atoms with Gasteiger partial charge in [0, 0.05) is 12.8 Å². The standard InChI is InChI=1S/C11H22N2O5S/c1-4-8(2)7-12-11(16)13-9(10(14)15)5-6-19(3,17)18/h8-9H,4-7H2,1-3H3,(H,14,15)(H2,12,13,16). The molecule has 3 N–H and O–H groups in total. The summed E-state index contributed by atoms with van der Waals surface area (Å²) in [5.41, 5.74) is 0. The summed E-state index contributed by atoms with van der Waals surface area (Å²) < 4.78 is 22.0. The maximum absolute atomic E-state index is 11.5. The van der Waals surface area contributed by atoms with Crippen molar-refractivity contribution in [3.8, 4) is 0 Å². The van der Waals surface area contributed by atoms with Crippen molar-refractivity contribution in [2.75, 3.05) is 18.6 Å². The summed E-state index contributed by atoms with van der Waals surface area (Å²) in [6.45, 7) is 4.38. The number of amides is 2. The number of sulfone groups is 1. The summed E-state index contributed by atoms with van der Waals surface area (Å²) in [5.74, 6) is -1.23. The molecule has 8 heteroatoms. The van der Waals surface area contributed by atoms with Gasteiger partial charge in [-0.05, 0) is 12.3 Å². The lowest BCUT2D eigenvalue weighted by Gasteiger charge is -2.16. The second kappa shape index (κ2) is 7.98. The van der Waals surface area contributed by atoms with Crippen LogP contribution in [0.3, 0.4) is 0 Å². The van der Waals surface area contributed by atoms with Gasteiger partial charge in [-0.15, -0.1) is 0 Å². The summed E-state index contributed by atoms with van der Waals surface area (Å²) in [5, 5.41) is 13.7. The molecule has 0 saturated heterocycles. The number of rotatable bonds is 8. The van der Waals surface area contributed by atoms with Crippen LogP contribution in [0.5, 0.6) is 0 Å². The molecule has 7 nitrogen and oxygen atoms in total. The molecule has 19 heavy (non-hydrogen) atoms. The Bertz CT molecular complexity index is 407. The Morgan fingerprint density at radius 2 is 1.89 bits per heavy atom. The van der Waals surface area contributed by atoms with E-state index in [1.165, 1.54) is 0 Å². The van der Waals surface area contributed by atoms with Crippen LogP contribution in [0.2, 0.25) is 0 Å². The number of aliphatic carboxylic acids is 1. The molecule has 0 fully saturated rings. The molecule has 0 aromatic rings. The van der Waals surface area contributed by atoms with Gasteiger partial charge in [-0.2, -0.15) is 0 Å². The summed E-state index contributed by atoms with van der Waals surface area (Å²) in [4.78, 5) is 22.4. The Balaban J connectivity index is 4.27. The van der Waals surface area contributed by atoms with Crippen LogP contribution in [-0.4, -0.2) is 50.1 Å². The lowest BCUT2D eigenvalue weighted by molar-refractivity contribution is -0.139. The summed E-state index contributed by atoms with van der Waals surface area (Å²) in [6, 6.07) is -1.80. The first-order chi connectivity index (χ1) is 8.65. The first-order valence-corrected chi connectivity index (χ1v) is 8.16. The molecule has 112 valence electrons. The van der Waals surface area contributed by atoms with E-state index in [1.807, 2.05) is 13.8 Å². The first-order valence-electron chi connectivity index (χ1n) is 6.10. The zero-order valence-electron chi connectivity index (χ0n) is 11.5. The molecule has 0 bridgehead atoms. The van der Waals surface area contributed by atoms with Crippen LogP contribution in [0.1, 0.15) is 26.7 Å². The molecule has 2 atom stereocenters. The van der Waals surface area contributed by atoms with Crippen LogP contribution in [0.4, 0.5) is 4.79 Å². The third-order valence-electron chi connectivity index (χ3n) is 2.69. The highest BCUT2D eigenvalue weighted by molar-refractivity contribution is 7.90. The molecule has 2 unspecified atom stereocenters. The predicted molar refractivity (Wildman–Crippen MR) is 71.7 cm³/mol. The third kappa shape index (κ3) is 9.29. The zero-order valence-corrected chi connectivity index (χ0v) is 12.3. The molecule has 0 radical (unpaired) electrons. The van der Waals surface area contributed by atoms with Gasteiger partial charge in [0.15, 0.2) is 0 Å². The Hall–Kier alpha value is -1.31. The van der Waals surface area contributed by atoms with Gasteiger partial charge in [-0.3, -0.25) is 0 Å². The zero-order chi connectivity index (χ0) is 15.1. The van der Waals surface area contributed by atoms with Gasteiger partial charge in [0.2, 0.25) is 0 Å². The van der Waals surface area contributed by atoms with Crippen molar-refractivity contribution >= 4 is 21.8 Å². The van der Waals surface area contributed by atoms with Gasteiger partial charge in [0.25, 0.3) is 0 Å². The van der Waals surface area contributed by atoms with Crippen LogP contribution in [-0.2, 0) is 14.6 Å². The molecular formula is C11H22N2O5S. The quantitative estimate of drug-likeness (QED) is 0.593. The normalized spacial score (nSPS) is 14.5. The van der Waals surface area contributed by atoms with Crippen LogP contribution in [0.25, 0.3) is 0 Å². The van der Waals surface area contributed by atoms with Crippen molar-refractivity contribution in [1.82, 2.24) is 10.6 Å². The predicted octanol–water partition coefficient (Wildman–Crippen LogP) is 0.220. The lowest BCUT2D eigenvalue weighted by atomic mass is 10.1. The lowest BCUT2D eigenvalue weighted by Crippen LogP contribution is -2.47. The highest BCUT2D eigenvalue weighted by Gasteiger charge is 2.21. The maximum Gasteiger partial charge on any atom is 0.326 e. The summed E-state index contributed by atoms with van der Waals surface area (Å²) in [7, 11) is -3.25. The average molecular weight is 294 g/mol. The van der Waals surface area contributed by atoms with Crippen LogP contribution >= 0.6 is 0 Å². The van der Waals surface area contributed by atoms with Crippen LogP contribution in [0.15, 0.2) is 0 Å². The van der Waals surface area contributed by atoms with Gasteiger partial charge in [0.05, 0.1) is 5.75 Å². The molecule has 0 heterocycles. The Labute approximate surface area is 113 Å². The number of urea groups is 1. The van der Waals surface area contributed by atoms with Crippen molar-refractivity contribution < 1.29 is 23.1 Å². The molecule has 0 aromatic carbocycles. The van der Waals surface area contributed by atoms with Gasteiger partial charge in [0.1, 0.15) is 15.9 Å². The minimum Gasteiger partial charge on any atom is -0.480 e. The number of carbonyl (C=O) groups excluding carboxylic acids is 1. The van der Waals surface area contributed by atoms with E-state index in [-0.39, 0.29) is 12.2 Å². The smallest absolute Gasteiger partial charge is 0.326 e. The highest BCUT2D eigenvalue weighted by Crippen LogP contribution is 1.99. The molecule has 0 saturated carbocycles. The molecule has 2 amide bonds. The minimum absolute atomic E-state index is 0.148. The van der Waals surface area contributed by atoms with Crippen LogP contribution < -0.4 is 10.6 Å². The molecule has 0 aliphatic heterocycles. The Morgan fingerprint density at radius 1 is 1.32 bits per heavy atom. The average Bonchev–Trinajstić information content (AvgIpc) is 2.29. The van der Waals surface area contributed by atoms with Crippen molar-refractivity contribution in [2.45, 2.75) is 32.7 Å². The fraction of sp³-hybridized carbons (Fsp3) is 0.818.